The zero-order valence-electron chi connectivity index (χ0n) is 16.3. The number of alkyl halides is 3. The van der Waals surface area contributed by atoms with E-state index in [2.05, 4.69) is 20.9 Å². The maximum Gasteiger partial charge on any atom is 0.422 e. The first-order valence-corrected chi connectivity index (χ1v) is 8.92. The largest absolute Gasteiger partial charge is 0.484 e. The molecule has 0 saturated heterocycles. The van der Waals surface area contributed by atoms with Crippen LogP contribution in [-0.4, -0.2) is 36.4 Å². The molecule has 158 valence electrons. The Labute approximate surface area is 166 Å². The van der Waals surface area contributed by atoms with Gasteiger partial charge in [-0.15, -0.1) is 0 Å². The molecule has 0 aromatic heterocycles. The molecule has 2 amide bonds. The standard InChI is InChI=1S/C19H23F3N4O3/c1-4-16(27)25-15-9-23-10-18(3,26-15)17(28)24-8-13-5-6-14(12(2)7-13)29-11-19(20,21)22/h5-7,9-10,26H,4,8,11H2,1-3H3,(H,24,28)(H,25,27). The van der Waals surface area contributed by atoms with Gasteiger partial charge in [-0.2, -0.15) is 13.2 Å². The molecule has 2 rings (SSSR count). The highest BCUT2D eigenvalue weighted by Gasteiger charge is 2.34. The van der Waals surface area contributed by atoms with Crippen molar-refractivity contribution in [2.75, 3.05) is 6.61 Å². The molecule has 0 fully saturated rings. The van der Waals surface area contributed by atoms with Crippen LogP contribution < -0.4 is 20.7 Å². The van der Waals surface area contributed by atoms with Crippen molar-refractivity contribution in [3.05, 3.63) is 41.3 Å². The minimum absolute atomic E-state index is 0.131. The maximum atomic E-state index is 12.6. The lowest BCUT2D eigenvalue weighted by Crippen LogP contribution is -2.58. The molecule has 0 radical (unpaired) electrons. The van der Waals surface area contributed by atoms with Crippen molar-refractivity contribution >= 4 is 18.0 Å². The van der Waals surface area contributed by atoms with E-state index in [0.717, 1.165) is 0 Å². The van der Waals surface area contributed by atoms with Gasteiger partial charge in [0.05, 0.1) is 6.20 Å². The molecule has 1 aromatic rings. The van der Waals surface area contributed by atoms with E-state index in [9.17, 15) is 22.8 Å². The Morgan fingerprint density at radius 2 is 2.03 bits per heavy atom. The average Bonchev–Trinajstić information content (AvgIpc) is 2.64. The van der Waals surface area contributed by atoms with Crippen LogP contribution in [0.15, 0.2) is 35.2 Å². The van der Waals surface area contributed by atoms with Crippen LogP contribution in [0.25, 0.3) is 0 Å². The molecular weight excluding hydrogens is 389 g/mol. The molecular formula is C19H23F3N4O3. The quantitative estimate of drug-likeness (QED) is 0.641. The molecule has 1 heterocycles. The summed E-state index contributed by atoms with van der Waals surface area (Å²) in [6.07, 6.45) is -1.30. The molecule has 3 N–H and O–H groups in total. The van der Waals surface area contributed by atoms with E-state index in [-0.39, 0.29) is 30.5 Å². The highest BCUT2D eigenvalue weighted by Crippen LogP contribution is 2.23. The number of ether oxygens (including phenoxy) is 1. The third-order valence-electron chi connectivity index (χ3n) is 4.08. The van der Waals surface area contributed by atoms with Gasteiger partial charge in [-0.05, 0) is 31.0 Å². The number of aliphatic imine (C=N–C) groups is 1. The zero-order valence-corrected chi connectivity index (χ0v) is 16.3. The number of carbonyl (C=O) groups excluding carboxylic acids is 2. The van der Waals surface area contributed by atoms with Crippen molar-refractivity contribution in [2.24, 2.45) is 4.99 Å². The van der Waals surface area contributed by atoms with Crippen molar-refractivity contribution in [2.45, 2.75) is 45.5 Å². The van der Waals surface area contributed by atoms with Gasteiger partial charge < -0.3 is 20.7 Å². The van der Waals surface area contributed by atoms with Gasteiger partial charge in [-0.1, -0.05) is 19.1 Å². The van der Waals surface area contributed by atoms with Crippen LogP contribution in [0, 0.1) is 6.92 Å². The van der Waals surface area contributed by atoms with Gasteiger partial charge in [0, 0.05) is 19.2 Å². The van der Waals surface area contributed by atoms with Crippen LogP contribution in [0.1, 0.15) is 31.4 Å². The summed E-state index contributed by atoms with van der Waals surface area (Å²) in [7, 11) is 0. The predicted molar refractivity (Wildman–Crippen MR) is 101 cm³/mol. The minimum atomic E-state index is -4.41. The lowest BCUT2D eigenvalue weighted by atomic mass is 10.0. The molecule has 0 aliphatic carbocycles. The molecule has 1 aliphatic rings. The van der Waals surface area contributed by atoms with E-state index < -0.39 is 18.3 Å². The van der Waals surface area contributed by atoms with Gasteiger partial charge in [0.15, 0.2) is 12.1 Å². The first-order valence-electron chi connectivity index (χ1n) is 8.92. The second kappa shape index (κ2) is 8.97. The van der Waals surface area contributed by atoms with Crippen LogP contribution in [0.4, 0.5) is 13.2 Å². The number of carbonyl (C=O) groups is 2. The van der Waals surface area contributed by atoms with Crippen LogP contribution in [0.5, 0.6) is 5.75 Å². The Bertz CT molecular complexity index is 836. The smallest absolute Gasteiger partial charge is 0.422 e. The summed E-state index contributed by atoms with van der Waals surface area (Å²) < 4.78 is 41.6. The van der Waals surface area contributed by atoms with E-state index in [0.29, 0.717) is 16.9 Å². The summed E-state index contributed by atoms with van der Waals surface area (Å²) in [5.74, 6) is -0.148. The SMILES string of the molecule is CCC(=O)NC1=CN=CC(C)(C(=O)NCc2ccc(OCC(F)(F)F)c(C)c2)N1. The van der Waals surface area contributed by atoms with Crippen molar-refractivity contribution in [1.29, 1.82) is 0 Å². The molecule has 7 nitrogen and oxygen atoms in total. The Hall–Kier alpha value is -3.04. The number of hydrogen-bond acceptors (Lipinski definition) is 5. The topological polar surface area (TPSA) is 91.8 Å². The number of aryl methyl sites for hydroxylation is 1. The van der Waals surface area contributed by atoms with Crippen molar-refractivity contribution in [3.63, 3.8) is 0 Å². The second-order valence-corrected chi connectivity index (χ2v) is 6.74. The number of hydrogen-bond donors (Lipinski definition) is 3. The molecule has 1 aromatic carbocycles. The fourth-order valence-electron chi connectivity index (χ4n) is 2.53. The first-order chi connectivity index (χ1) is 13.5. The highest BCUT2D eigenvalue weighted by atomic mass is 19.4. The van der Waals surface area contributed by atoms with Gasteiger partial charge in [-0.25, -0.2) is 0 Å². The minimum Gasteiger partial charge on any atom is -0.484 e. The van der Waals surface area contributed by atoms with Gasteiger partial charge in [-0.3, -0.25) is 14.6 Å². The lowest BCUT2D eigenvalue weighted by Gasteiger charge is -2.30. The van der Waals surface area contributed by atoms with E-state index in [1.807, 2.05) is 0 Å². The molecule has 0 bridgehead atoms. The first kappa shape index (κ1) is 22.3. The fraction of sp³-hybridized carbons (Fsp3) is 0.421. The molecule has 0 saturated carbocycles. The Morgan fingerprint density at radius 3 is 2.66 bits per heavy atom. The number of halogens is 3. The number of nitrogens with one attached hydrogen (secondary N) is 3. The third kappa shape index (κ3) is 6.51. The Morgan fingerprint density at radius 1 is 1.31 bits per heavy atom. The Balaban J connectivity index is 1.95. The molecule has 1 unspecified atom stereocenters. The van der Waals surface area contributed by atoms with Crippen molar-refractivity contribution in [3.8, 4) is 5.75 Å². The number of benzene rings is 1. The van der Waals surface area contributed by atoms with Crippen LogP contribution in [0.2, 0.25) is 0 Å². The lowest BCUT2D eigenvalue weighted by molar-refractivity contribution is -0.153. The van der Waals surface area contributed by atoms with Crippen LogP contribution in [0.3, 0.4) is 0 Å². The molecule has 29 heavy (non-hydrogen) atoms. The van der Waals surface area contributed by atoms with Gasteiger partial charge >= 0.3 is 6.18 Å². The summed E-state index contributed by atoms with van der Waals surface area (Å²) in [4.78, 5) is 28.1. The number of rotatable bonds is 7. The zero-order chi connectivity index (χ0) is 21.7. The summed E-state index contributed by atoms with van der Waals surface area (Å²) in [5, 5.41) is 8.28. The molecule has 10 heteroatoms. The second-order valence-electron chi connectivity index (χ2n) is 6.74. The average molecular weight is 412 g/mol. The van der Waals surface area contributed by atoms with Gasteiger partial charge in [0.1, 0.15) is 11.6 Å². The summed E-state index contributed by atoms with van der Waals surface area (Å²) >= 11 is 0. The van der Waals surface area contributed by atoms with E-state index >= 15 is 0 Å². The summed E-state index contributed by atoms with van der Waals surface area (Å²) in [6, 6.07) is 4.66. The van der Waals surface area contributed by atoms with Crippen LogP contribution >= 0.6 is 0 Å². The predicted octanol–water partition coefficient (Wildman–Crippen LogP) is 2.31. The van der Waals surface area contributed by atoms with Gasteiger partial charge in [0.2, 0.25) is 5.91 Å². The molecule has 1 aliphatic heterocycles. The van der Waals surface area contributed by atoms with Crippen molar-refractivity contribution < 1.29 is 27.5 Å². The van der Waals surface area contributed by atoms with Crippen LogP contribution in [-0.2, 0) is 16.1 Å². The van der Waals surface area contributed by atoms with E-state index in [4.69, 9.17) is 4.74 Å². The maximum absolute atomic E-state index is 12.6. The normalized spacial score (nSPS) is 18.5. The summed E-state index contributed by atoms with van der Waals surface area (Å²) in [5.41, 5.74) is 0.0503. The Kier molecular flexibility index (Phi) is 6.89. The van der Waals surface area contributed by atoms with E-state index in [1.54, 1.807) is 32.9 Å². The summed E-state index contributed by atoms with van der Waals surface area (Å²) in [6.45, 7) is 3.73. The monoisotopic (exact) mass is 412 g/mol. The van der Waals surface area contributed by atoms with E-state index in [1.165, 1.54) is 18.5 Å². The number of nitrogens with zero attached hydrogens (tertiary/aromatic N) is 1. The third-order valence-corrected chi connectivity index (χ3v) is 4.08. The molecule has 0 spiro atoms. The highest BCUT2D eigenvalue weighted by molar-refractivity contribution is 6.03. The number of amides is 2. The van der Waals surface area contributed by atoms with Crippen molar-refractivity contribution in [1.82, 2.24) is 16.0 Å². The van der Waals surface area contributed by atoms with Gasteiger partial charge in [0.25, 0.3) is 5.91 Å². The fourth-order valence-corrected chi connectivity index (χ4v) is 2.53. The molecule has 1 atom stereocenters.